The summed E-state index contributed by atoms with van der Waals surface area (Å²) in [6.07, 6.45) is 0. The van der Waals surface area contributed by atoms with Crippen molar-refractivity contribution in [2.24, 2.45) is 5.92 Å². The Kier molecular flexibility index (Phi) is 3.86. The molecule has 1 saturated heterocycles. The van der Waals surface area contributed by atoms with E-state index in [0.29, 0.717) is 18.8 Å². The molecular formula is C13H16FNO2. The molecule has 2 unspecified atom stereocenters. The largest absolute Gasteiger partial charge is 0.378 e. The molecule has 0 spiro atoms. The summed E-state index contributed by atoms with van der Waals surface area (Å²) in [5.41, 5.74) is 0.547. The summed E-state index contributed by atoms with van der Waals surface area (Å²) >= 11 is 0. The highest BCUT2D eigenvalue weighted by atomic mass is 19.1. The Hall–Kier alpha value is -1.26. The Morgan fingerprint density at radius 2 is 2.18 bits per heavy atom. The average molecular weight is 237 g/mol. The van der Waals surface area contributed by atoms with Gasteiger partial charge >= 0.3 is 0 Å². The van der Waals surface area contributed by atoms with E-state index >= 15 is 0 Å². The van der Waals surface area contributed by atoms with Gasteiger partial charge in [-0.1, -0.05) is 6.92 Å². The van der Waals surface area contributed by atoms with E-state index in [-0.39, 0.29) is 23.6 Å². The van der Waals surface area contributed by atoms with Crippen molar-refractivity contribution in [3.8, 4) is 0 Å². The molecule has 1 aliphatic rings. The minimum Gasteiger partial charge on any atom is -0.378 e. The fourth-order valence-electron chi connectivity index (χ4n) is 1.97. The summed E-state index contributed by atoms with van der Waals surface area (Å²) in [7, 11) is 0. The number of carbonyl (C=O) groups excluding carboxylic acids is 1. The van der Waals surface area contributed by atoms with Crippen LogP contribution in [-0.4, -0.2) is 31.6 Å². The third kappa shape index (κ3) is 2.90. The van der Waals surface area contributed by atoms with Gasteiger partial charge in [0.15, 0.2) is 5.78 Å². The van der Waals surface area contributed by atoms with Gasteiger partial charge in [-0.3, -0.25) is 4.79 Å². The number of hydrogen-bond acceptors (Lipinski definition) is 3. The van der Waals surface area contributed by atoms with Gasteiger partial charge in [0.1, 0.15) is 5.82 Å². The van der Waals surface area contributed by atoms with Crippen LogP contribution >= 0.6 is 0 Å². The standard InChI is InChI=1S/C13H16FNO2/c1-9(12-8-17-7-6-15-12)13(16)10-2-4-11(14)5-3-10/h2-5,9,12,15H,6-8H2,1H3. The molecule has 0 amide bonds. The van der Waals surface area contributed by atoms with Crippen molar-refractivity contribution in [2.45, 2.75) is 13.0 Å². The molecule has 2 rings (SSSR count). The van der Waals surface area contributed by atoms with Crippen LogP contribution in [0.15, 0.2) is 24.3 Å². The van der Waals surface area contributed by atoms with E-state index in [1.165, 1.54) is 24.3 Å². The van der Waals surface area contributed by atoms with Crippen LogP contribution < -0.4 is 5.32 Å². The normalized spacial score (nSPS) is 22.1. The predicted octanol–water partition coefficient (Wildman–Crippen LogP) is 1.63. The second kappa shape index (κ2) is 5.38. The Bertz CT molecular complexity index is 385. The van der Waals surface area contributed by atoms with Gasteiger partial charge in [-0.25, -0.2) is 4.39 Å². The number of rotatable bonds is 3. The van der Waals surface area contributed by atoms with Gasteiger partial charge in [0.2, 0.25) is 0 Å². The van der Waals surface area contributed by atoms with Crippen molar-refractivity contribution in [3.63, 3.8) is 0 Å². The van der Waals surface area contributed by atoms with Crippen LogP contribution in [0.2, 0.25) is 0 Å². The van der Waals surface area contributed by atoms with Gasteiger partial charge in [0, 0.05) is 24.1 Å². The minimum atomic E-state index is -0.326. The zero-order valence-electron chi connectivity index (χ0n) is 9.78. The number of ketones is 1. The van der Waals surface area contributed by atoms with Crippen molar-refractivity contribution in [2.75, 3.05) is 19.8 Å². The van der Waals surface area contributed by atoms with E-state index in [1.807, 2.05) is 6.92 Å². The molecule has 17 heavy (non-hydrogen) atoms. The summed E-state index contributed by atoms with van der Waals surface area (Å²) in [6, 6.07) is 5.71. The third-order valence-electron chi connectivity index (χ3n) is 3.10. The maximum absolute atomic E-state index is 12.8. The molecule has 0 radical (unpaired) electrons. The van der Waals surface area contributed by atoms with Crippen LogP contribution in [0, 0.1) is 11.7 Å². The summed E-state index contributed by atoms with van der Waals surface area (Å²) in [5, 5.41) is 3.26. The van der Waals surface area contributed by atoms with E-state index in [2.05, 4.69) is 5.32 Å². The first-order valence-corrected chi connectivity index (χ1v) is 5.79. The van der Waals surface area contributed by atoms with Gasteiger partial charge in [-0.2, -0.15) is 0 Å². The Morgan fingerprint density at radius 3 is 2.76 bits per heavy atom. The van der Waals surface area contributed by atoms with E-state index in [0.717, 1.165) is 6.54 Å². The molecule has 0 aromatic heterocycles. The summed E-state index contributed by atoms with van der Waals surface area (Å²) in [6.45, 7) is 3.88. The SMILES string of the molecule is CC(C(=O)c1ccc(F)cc1)C1COCCN1. The number of hydrogen-bond donors (Lipinski definition) is 1. The van der Waals surface area contributed by atoms with E-state index in [4.69, 9.17) is 4.74 Å². The van der Waals surface area contributed by atoms with Crippen molar-refractivity contribution in [1.82, 2.24) is 5.32 Å². The first-order valence-electron chi connectivity index (χ1n) is 5.79. The summed E-state index contributed by atoms with van der Waals surface area (Å²) in [4.78, 5) is 12.1. The lowest BCUT2D eigenvalue weighted by Crippen LogP contribution is -2.47. The summed E-state index contributed by atoms with van der Waals surface area (Å²) < 4.78 is 18.1. The van der Waals surface area contributed by atoms with Crippen LogP contribution in [0.25, 0.3) is 0 Å². The molecule has 3 nitrogen and oxygen atoms in total. The van der Waals surface area contributed by atoms with Gasteiger partial charge in [-0.05, 0) is 24.3 Å². The highest BCUT2D eigenvalue weighted by Gasteiger charge is 2.26. The molecule has 2 atom stereocenters. The summed E-state index contributed by atoms with van der Waals surface area (Å²) in [5.74, 6) is -0.470. The molecule has 1 heterocycles. The van der Waals surface area contributed by atoms with Gasteiger partial charge in [0.05, 0.1) is 13.2 Å². The lowest BCUT2D eigenvalue weighted by atomic mass is 9.92. The van der Waals surface area contributed by atoms with Crippen molar-refractivity contribution in [3.05, 3.63) is 35.6 Å². The fourth-order valence-corrected chi connectivity index (χ4v) is 1.97. The highest BCUT2D eigenvalue weighted by molar-refractivity contribution is 5.98. The van der Waals surface area contributed by atoms with Crippen molar-refractivity contribution < 1.29 is 13.9 Å². The van der Waals surface area contributed by atoms with Gasteiger partial charge < -0.3 is 10.1 Å². The molecule has 1 aromatic carbocycles. The zero-order chi connectivity index (χ0) is 12.3. The number of benzene rings is 1. The lowest BCUT2D eigenvalue weighted by molar-refractivity contribution is 0.0531. The van der Waals surface area contributed by atoms with Crippen molar-refractivity contribution in [1.29, 1.82) is 0 Å². The number of nitrogens with one attached hydrogen (secondary N) is 1. The van der Waals surface area contributed by atoms with Crippen LogP contribution in [0.1, 0.15) is 17.3 Å². The van der Waals surface area contributed by atoms with Crippen molar-refractivity contribution >= 4 is 5.78 Å². The first-order chi connectivity index (χ1) is 8.18. The number of halogens is 1. The lowest BCUT2D eigenvalue weighted by Gasteiger charge is -2.28. The number of carbonyl (C=O) groups is 1. The van der Waals surface area contributed by atoms with E-state index in [1.54, 1.807) is 0 Å². The maximum atomic E-state index is 12.8. The Labute approximate surface area is 100.0 Å². The van der Waals surface area contributed by atoms with Crippen LogP contribution in [-0.2, 0) is 4.74 Å². The molecule has 0 saturated carbocycles. The second-order valence-electron chi connectivity index (χ2n) is 4.30. The van der Waals surface area contributed by atoms with Gasteiger partial charge in [0.25, 0.3) is 0 Å². The number of morpholine rings is 1. The predicted molar refractivity (Wildman–Crippen MR) is 62.5 cm³/mol. The molecule has 1 aromatic rings. The number of ether oxygens (including phenoxy) is 1. The molecule has 0 aliphatic carbocycles. The molecule has 4 heteroatoms. The fraction of sp³-hybridized carbons (Fsp3) is 0.462. The van der Waals surface area contributed by atoms with E-state index in [9.17, 15) is 9.18 Å². The average Bonchev–Trinajstić information content (AvgIpc) is 2.39. The number of Topliss-reactive ketones (excluding diaryl/α,β-unsaturated/α-hetero) is 1. The topological polar surface area (TPSA) is 38.3 Å². The minimum absolute atomic E-state index is 0.0213. The maximum Gasteiger partial charge on any atom is 0.167 e. The Morgan fingerprint density at radius 1 is 1.47 bits per heavy atom. The molecule has 92 valence electrons. The third-order valence-corrected chi connectivity index (χ3v) is 3.10. The van der Waals surface area contributed by atoms with E-state index < -0.39 is 0 Å². The molecule has 1 N–H and O–H groups in total. The first kappa shape index (κ1) is 12.2. The molecule has 1 fully saturated rings. The highest BCUT2D eigenvalue weighted by Crippen LogP contribution is 2.14. The zero-order valence-corrected chi connectivity index (χ0v) is 9.78. The smallest absolute Gasteiger partial charge is 0.167 e. The quantitative estimate of drug-likeness (QED) is 0.812. The van der Waals surface area contributed by atoms with Gasteiger partial charge in [-0.15, -0.1) is 0 Å². The van der Waals surface area contributed by atoms with Crippen LogP contribution in [0.4, 0.5) is 4.39 Å². The molecular weight excluding hydrogens is 221 g/mol. The monoisotopic (exact) mass is 237 g/mol. The van der Waals surface area contributed by atoms with Crippen LogP contribution in [0.3, 0.4) is 0 Å². The molecule has 1 aliphatic heterocycles. The second-order valence-corrected chi connectivity index (χ2v) is 4.30. The van der Waals surface area contributed by atoms with Crippen LogP contribution in [0.5, 0.6) is 0 Å². The molecule has 0 bridgehead atoms. The Balaban J connectivity index is 2.05.